The van der Waals surface area contributed by atoms with Gasteiger partial charge in [-0.15, -0.1) is 0 Å². The van der Waals surface area contributed by atoms with Crippen LogP contribution in [0.25, 0.3) is 0 Å². The van der Waals surface area contributed by atoms with Crippen LogP contribution in [0.1, 0.15) is 33.7 Å². The minimum Gasteiger partial charge on any atom is -0.507 e. The molecule has 0 aliphatic carbocycles. The fourth-order valence-electron chi connectivity index (χ4n) is 4.05. The number of phenols is 4. The molecule has 2 aromatic rings. The molecule has 0 aromatic heterocycles. The summed E-state index contributed by atoms with van der Waals surface area (Å²) in [5.41, 5.74) is -0.934. The molecule has 0 saturated carbocycles. The summed E-state index contributed by atoms with van der Waals surface area (Å²) >= 11 is 0. The van der Waals surface area contributed by atoms with Crippen LogP contribution in [0, 0.1) is 0 Å². The Labute approximate surface area is 185 Å². The molecule has 2 aromatic carbocycles. The second-order valence-corrected chi connectivity index (χ2v) is 7.88. The molecule has 178 valence electrons. The lowest BCUT2D eigenvalue weighted by molar-refractivity contribution is -0.232. The molecule has 2 unspecified atom stereocenters. The first-order chi connectivity index (χ1) is 15.6. The molecule has 2 aliphatic rings. The van der Waals surface area contributed by atoms with Crippen LogP contribution in [-0.4, -0.2) is 88.9 Å². The normalized spacial score (nSPS) is 31.7. The van der Waals surface area contributed by atoms with Crippen LogP contribution in [0.3, 0.4) is 0 Å². The molecule has 12 heteroatoms. The SMILES string of the molecule is O=C1c2c(cc(O)c([C@@H]3OC(CO)[C@@H](O)[C@H](O)C3O)c2O)O[C@@H](c2ccc(O)c(O)c2)[C@H]1O. The smallest absolute Gasteiger partial charge is 0.202 e. The third kappa shape index (κ3) is 3.62. The van der Waals surface area contributed by atoms with Crippen molar-refractivity contribution in [1.82, 2.24) is 0 Å². The van der Waals surface area contributed by atoms with Crippen LogP contribution in [0.4, 0.5) is 0 Å². The van der Waals surface area contributed by atoms with E-state index in [0.29, 0.717) is 0 Å². The van der Waals surface area contributed by atoms with Gasteiger partial charge in [0.15, 0.2) is 23.7 Å². The highest BCUT2D eigenvalue weighted by molar-refractivity contribution is 6.06. The van der Waals surface area contributed by atoms with Crippen LogP contribution in [0.15, 0.2) is 24.3 Å². The van der Waals surface area contributed by atoms with Crippen molar-refractivity contribution in [1.29, 1.82) is 0 Å². The molecular weight excluding hydrogens is 444 g/mol. The monoisotopic (exact) mass is 466 g/mol. The van der Waals surface area contributed by atoms with Crippen LogP contribution in [-0.2, 0) is 4.74 Å². The molecule has 0 radical (unpaired) electrons. The van der Waals surface area contributed by atoms with Gasteiger partial charge in [0.2, 0.25) is 5.78 Å². The molecule has 0 spiro atoms. The van der Waals surface area contributed by atoms with Gasteiger partial charge in [0.1, 0.15) is 53.3 Å². The summed E-state index contributed by atoms with van der Waals surface area (Å²) in [6, 6.07) is 4.42. The number of ketones is 1. The van der Waals surface area contributed by atoms with Gasteiger partial charge in [0.05, 0.1) is 12.2 Å². The summed E-state index contributed by atoms with van der Waals surface area (Å²) in [5, 5.41) is 90.7. The Balaban J connectivity index is 1.77. The van der Waals surface area contributed by atoms with E-state index in [0.717, 1.165) is 18.2 Å². The predicted molar refractivity (Wildman–Crippen MR) is 106 cm³/mol. The largest absolute Gasteiger partial charge is 0.507 e. The van der Waals surface area contributed by atoms with Crippen LogP contribution in [0.2, 0.25) is 0 Å². The zero-order valence-electron chi connectivity index (χ0n) is 16.8. The number of Topliss-reactive ketones (excluding diaryl/α,β-unsaturated/α-hetero) is 1. The maximum Gasteiger partial charge on any atom is 0.202 e. The van der Waals surface area contributed by atoms with E-state index >= 15 is 0 Å². The van der Waals surface area contributed by atoms with Crippen molar-refractivity contribution >= 4 is 5.78 Å². The number of rotatable bonds is 3. The highest BCUT2D eigenvalue weighted by Crippen LogP contribution is 2.49. The third-order valence-electron chi connectivity index (χ3n) is 5.84. The van der Waals surface area contributed by atoms with Crippen LogP contribution in [0.5, 0.6) is 28.7 Å². The van der Waals surface area contributed by atoms with Crippen LogP contribution >= 0.6 is 0 Å². The summed E-state index contributed by atoms with van der Waals surface area (Å²) in [4.78, 5) is 12.9. The molecule has 0 amide bonds. The topological polar surface area (TPSA) is 218 Å². The van der Waals surface area contributed by atoms with Gasteiger partial charge in [0, 0.05) is 6.07 Å². The van der Waals surface area contributed by atoms with Crippen molar-refractivity contribution in [3.8, 4) is 28.7 Å². The van der Waals surface area contributed by atoms with Crippen molar-refractivity contribution in [2.24, 2.45) is 0 Å². The first kappa shape index (κ1) is 23.0. The minimum atomic E-state index is -1.86. The average molecular weight is 466 g/mol. The Kier molecular flexibility index (Phi) is 5.82. The van der Waals surface area contributed by atoms with E-state index in [-0.39, 0.29) is 11.3 Å². The highest BCUT2D eigenvalue weighted by atomic mass is 16.5. The maximum atomic E-state index is 12.9. The molecule has 2 aliphatic heterocycles. The summed E-state index contributed by atoms with van der Waals surface area (Å²) < 4.78 is 10.9. The molecule has 7 atom stereocenters. The van der Waals surface area contributed by atoms with E-state index in [4.69, 9.17) is 9.47 Å². The van der Waals surface area contributed by atoms with E-state index in [2.05, 4.69) is 0 Å². The van der Waals surface area contributed by atoms with Gasteiger partial charge in [0.25, 0.3) is 0 Å². The van der Waals surface area contributed by atoms with E-state index < -0.39 is 89.2 Å². The lowest BCUT2D eigenvalue weighted by Crippen LogP contribution is -2.55. The van der Waals surface area contributed by atoms with Gasteiger partial charge in [-0.25, -0.2) is 0 Å². The fraction of sp³-hybridized carbons (Fsp3) is 0.381. The Morgan fingerprint density at radius 2 is 1.52 bits per heavy atom. The van der Waals surface area contributed by atoms with Gasteiger partial charge in [-0.1, -0.05) is 6.07 Å². The van der Waals surface area contributed by atoms with E-state index in [1.165, 1.54) is 6.07 Å². The quantitative estimate of drug-likeness (QED) is 0.241. The first-order valence-electron chi connectivity index (χ1n) is 9.87. The molecule has 4 rings (SSSR count). The van der Waals surface area contributed by atoms with Gasteiger partial charge in [-0.2, -0.15) is 0 Å². The fourth-order valence-corrected chi connectivity index (χ4v) is 4.05. The van der Waals surface area contributed by atoms with Gasteiger partial charge in [-0.05, 0) is 17.7 Å². The summed E-state index contributed by atoms with van der Waals surface area (Å²) in [6.07, 6.45) is -11.5. The zero-order chi connectivity index (χ0) is 24.2. The number of fused-ring (bicyclic) bond motifs is 1. The zero-order valence-corrected chi connectivity index (χ0v) is 16.8. The average Bonchev–Trinajstić information content (AvgIpc) is 2.77. The van der Waals surface area contributed by atoms with Crippen molar-refractivity contribution in [2.45, 2.75) is 42.7 Å². The number of aliphatic hydroxyl groups excluding tert-OH is 5. The lowest BCUT2D eigenvalue weighted by Gasteiger charge is -2.41. The molecule has 0 bridgehead atoms. The number of benzene rings is 2. The standard InChI is InChI=1S/C21H22O12/c22-5-11-14(26)17(29)19(31)21(33-11)12-9(25)4-10-13(15(12)27)16(28)18(30)20(32-10)6-1-2-7(23)8(24)3-6/h1-4,11,14,17-27,29-31H,5H2/t11?,14-,17+,18+,19?,20+,21+/m1/s1. The second-order valence-electron chi connectivity index (χ2n) is 7.88. The Morgan fingerprint density at radius 1 is 0.818 bits per heavy atom. The van der Waals surface area contributed by atoms with Crippen molar-refractivity contribution in [2.75, 3.05) is 6.61 Å². The predicted octanol–water partition coefficient (Wildman–Crippen LogP) is -1.30. The number of aliphatic hydroxyl groups is 5. The summed E-state index contributed by atoms with van der Waals surface area (Å²) in [7, 11) is 0. The molecule has 9 N–H and O–H groups in total. The van der Waals surface area contributed by atoms with E-state index in [9.17, 15) is 50.8 Å². The highest BCUT2D eigenvalue weighted by Gasteiger charge is 2.48. The molecule has 12 nitrogen and oxygen atoms in total. The number of carbonyl (C=O) groups excluding carboxylic acids is 1. The molecular formula is C21H22O12. The molecule has 2 heterocycles. The second kappa shape index (κ2) is 8.33. The summed E-state index contributed by atoms with van der Waals surface area (Å²) in [6.45, 7) is -0.754. The Morgan fingerprint density at radius 3 is 2.15 bits per heavy atom. The van der Waals surface area contributed by atoms with Crippen molar-refractivity contribution < 1.29 is 60.2 Å². The number of carbonyl (C=O) groups is 1. The number of hydrogen-bond donors (Lipinski definition) is 9. The summed E-state index contributed by atoms with van der Waals surface area (Å²) in [5.74, 6) is -3.90. The number of ether oxygens (including phenoxy) is 2. The van der Waals surface area contributed by atoms with Gasteiger partial charge < -0.3 is 55.4 Å². The minimum absolute atomic E-state index is 0.119. The van der Waals surface area contributed by atoms with E-state index in [1.54, 1.807) is 0 Å². The Hall–Kier alpha value is -3.13. The number of aromatic hydroxyl groups is 4. The number of hydrogen-bond acceptors (Lipinski definition) is 12. The molecule has 1 saturated heterocycles. The maximum absolute atomic E-state index is 12.9. The third-order valence-corrected chi connectivity index (χ3v) is 5.84. The van der Waals surface area contributed by atoms with Gasteiger partial charge >= 0.3 is 0 Å². The first-order valence-corrected chi connectivity index (χ1v) is 9.87. The van der Waals surface area contributed by atoms with E-state index in [1.807, 2.05) is 0 Å². The number of phenolic OH excluding ortho intramolecular Hbond substituents is 4. The Bertz CT molecular complexity index is 1080. The molecule has 1 fully saturated rings. The van der Waals surface area contributed by atoms with Crippen LogP contribution < -0.4 is 4.74 Å². The van der Waals surface area contributed by atoms with Crippen molar-refractivity contribution in [3.63, 3.8) is 0 Å². The van der Waals surface area contributed by atoms with Gasteiger partial charge in [-0.3, -0.25) is 4.79 Å². The lowest BCUT2D eigenvalue weighted by atomic mass is 9.86. The molecule has 33 heavy (non-hydrogen) atoms. The van der Waals surface area contributed by atoms with Crippen molar-refractivity contribution in [3.05, 3.63) is 41.0 Å².